The van der Waals surface area contributed by atoms with Gasteiger partial charge in [0, 0.05) is 17.6 Å². The molecule has 0 aromatic heterocycles. The fourth-order valence-electron chi connectivity index (χ4n) is 2.14. The molecule has 0 N–H and O–H groups in total. The van der Waals surface area contributed by atoms with E-state index in [0.717, 1.165) is 24.3 Å². The van der Waals surface area contributed by atoms with E-state index in [-0.39, 0.29) is 11.9 Å². The van der Waals surface area contributed by atoms with E-state index in [0.29, 0.717) is 18.0 Å². The number of esters is 1. The van der Waals surface area contributed by atoms with E-state index in [4.69, 9.17) is 9.47 Å². The summed E-state index contributed by atoms with van der Waals surface area (Å²) in [5, 5.41) is 0.513. The average molecular weight is 294 g/mol. The molecule has 0 spiro atoms. The van der Waals surface area contributed by atoms with E-state index in [1.807, 2.05) is 49.0 Å². The van der Waals surface area contributed by atoms with Crippen molar-refractivity contribution in [3.63, 3.8) is 0 Å². The number of rotatable bonds is 6. The van der Waals surface area contributed by atoms with Crippen LogP contribution in [0.15, 0.2) is 30.3 Å². The Bertz CT molecular complexity index is 421. The first-order valence-corrected chi connectivity index (χ1v) is 8.15. The molecule has 1 aromatic carbocycles. The van der Waals surface area contributed by atoms with Gasteiger partial charge in [-0.05, 0) is 18.9 Å². The Balaban J connectivity index is 1.69. The van der Waals surface area contributed by atoms with E-state index in [2.05, 4.69) is 6.92 Å². The van der Waals surface area contributed by atoms with Crippen molar-refractivity contribution in [1.82, 2.24) is 0 Å². The normalized spacial score (nSPS) is 23.5. The number of benzene rings is 1. The topological polar surface area (TPSA) is 35.5 Å². The van der Waals surface area contributed by atoms with Crippen molar-refractivity contribution < 1.29 is 14.3 Å². The molecule has 3 nitrogen and oxygen atoms in total. The minimum absolute atomic E-state index is 0.0727. The molecule has 4 heteroatoms. The summed E-state index contributed by atoms with van der Waals surface area (Å²) >= 11 is 1.82. The highest BCUT2D eigenvalue weighted by Crippen LogP contribution is 2.28. The molecule has 0 saturated carbocycles. The molecule has 3 unspecified atom stereocenters. The summed E-state index contributed by atoms with van der Waals surface area (Å²) in [4.78, 5) is 11.9. The molecule has 2 rings (SSSR count). The van der Waals surface area contributed by atoms with Gasteiger partial charge in [0.25, 0.3) is 0 Å². The van der Waals surface area contributed by atoms with Gasteiger partial charge in [-0.25, -0.2) is 0 Å². The molecule has 0 aliphatic carbocycles. The fourth-order valence-corrected chi connectivity index (χ4v) is 3.42. The standard InChI is InChI=1S/C16H22O3S/c1-12(11-20-15-8-9-18-13(15)2)16(17)19-10-14-6-4-3-5-7-14/h3-7,12-13,15H,8-11H2,1-2H3. The SMILES string of the molecule is CC(CSC1CCOC1C)C(=O)OCc1ccccc1. The molecule has 0 radical (unpaired) electrons. The molecule has 0 amide bonds. The third-order valence-electron chi connectivity index (χ3n) is 3.49. The Morgan fingerprint density at radius 1 is 1.45 bits per heavy atom. The number of thioether (sulfide) groups is 1. The second-order valence-electron chi connectivity index (χ2n) is 5.23. The molecule has 1 aromatic rings. The van der Waals surface area contributed by atoms with Gasteiger partial charge in [-0.3, -0.25) is 4.79 Å². The summed E-state index contributed by atoms with van der Waals surface area (Å²) < 4.78 is 10.9. The molecule has 1 aliphatic heterocycles. The summed E-state index contributed by atoms with van der Waals surface area (Å²) in [5.41, 5.74) is 1.03. The maximum atomic E-state index is 11.9. The van der Waals surface area contributed by atoms with Gasteiger partial charge in [-0.2, -0.15) is 11.8 Å². The van der Waals surface area contributed by atoms with Crippen molar-refractivity contribution in [2.45, 2.75) is 38.2 Å². The van der Waals surface area contributed by atoms with Gasteiger partial charge >= 0.3 is 5.97 Å². The highest BCUT2D eigenvalue weighted by molar-refractivity contribution is 8.00. The van der Waals surface area contributed by atoms with Crippen LogP contribution in [0.2, 0.25) is 0 Å². The van der Waals surface area contributed by atoms with Gasteiger partial charge in [0.05, 0.1) is 12.0 Å². The molecule has 110 valence electrons. The molecular formula is C16H22O3S. The molecule has 1 heterocycles. The van der Waals surface area contributed by atoms with Gasteiger partial charge < -0.3 is 9.47 Å². The van der Waals surface area contributed by atoms with Crippen LogP contribution < -0.4 is 0 Å². The first-order valence-electron chi connectivity index (χ1n) is 7.10. The van der Waals surface area contributed by atoms with E-state index < -0.39 is 0 Å². The first-order chi connectivity index (χ1) is 9.66. The predicted molar refractivity (Wildman–Crippen MR) is 81.7 cm³/mol. The lowest BCUT2D eigenvalue weighted by Gasteiger charge is -2.16. The Morgan fingerprint density at radius 3 is 2.85 bits per heavy atom. The molecule has 0 bridgehead atoms. The summed E-state index contributed by atoms with van der Waals surface area (Å²) in [6.07, 6.45) is 1.38. The van der Waals surface area contributed by atoms with E-state index in [1.54, 1.807) is 0 Å². The average Bonchev–Trinajstić information content (AvgIpc) is 2.88. The zero-order valence-electron chi connectivity index (χ0n) is 12.1. The minimum atomic E-state index is -0.118. The number of carbonyl (C=O) groups is 1. The second-order valence-corrected chi connectivity index (χ2v) is 6.50. The van der Waals surface area contributed by atoms with Gasteiger partial charge in [-0.15, -0.1) is 0 Å². The Labute approximate surface area is 125 Å². The van der Waals surface area contributed by atoms with Crippen LogP contribution in [-0.2, 0) is 20.9 Å². The largest absolute Gasteiger partial charge is 0.461 e. The number of carbonyl (C=O) groups excluding carboxylic acids is 1. The number of hydrogen-bond acceptors (Lipinski definition) is 4. The minimum Gasteiger partial charge on any atom is -0.461 e. The highest BCUT2D eigenvalue weighted by atomic mass is 32.2. The van der Waals surface area contributed by atoms with Crippen LogP contribution in [0.4, 0.5) is 0 Å². The van der Waals surface area contributed by atoms with Crippen molar-refractivity contribution in [3.05, 3.63) is 35.9 Å². The molecule has 1 saturated heterocycles. The summed E-state index contributed by atoms with van der Waals surface area (Å²) in [5.74, 6) is 0.607. The van der Waals surface area contributed by atoms with E-state index in [1.165, 1.54) is 0 Å². The smallest absolute Gasteiger partial charge is 0.309 e. The quantitative estimate of drug-likeness (QED) is 0.754. The van der Waals surface area contributed by atoms with Crippen LogP contribution in [0.25, 0.3) is 0 Å². The van der Waals surface area contributed by atoms with Gasteiger partial charge in [0.15, 0.2) is 0 Å². The molecule has 1 fully saturated rings. The zero-order valence-corrected chi connectivity index (χ0v) is 12.9. The first kappa shape index (κ1) is 15.4. The Morgan fingerprint density at radius 2 is 2.20 bits per heavy atom. The fraction of sp³-hybridized carbons (Fsp3) is 0.562. The van der Waals surface area contributed by atoms with Crippen molar-refractivity contribution in [2.24, 2.45) is 5.92 Å². The van der Waals surface area contributed by atoms with Crippen LogP contribution in [0.3, 0.4) is 0 Å². The van der Waals surface area contributed by atoms with Crippen molar-refractivity contribution in [2.75, 3.05) is 12.4 Å². The molecule has 1 aliphatic rings. The lowest BCUT2D eigenvalue weighted by Crippen LogP contribution is -2.20. The zero-order chi connectivity index (χ0) is 14.4. The molecular weight excluding hydrogens is 272 g/mol. The number of hydrogen-bond donors (Lipinski definition) is 0. The van der Waals surface area contributed by atoms with Crippen LogP contribution in [-0.4, -0.2) is 29.7 Å². The summed E-state index contributed by atoms with van der Waals surface area (Å²) in [6.45, 7) is 5.23. The van der Waals surface area contributed by atoms with Gasteiger partial charge in [0.2, 0.25) is 0 Å². The highest BCUT2D eigenvalue weighted by Gasteiger charge is 2.26. The maximum Gasteiger partial charge on any atom is 0.309 e. The third kappa shape index (κ3) is 4.53. The lowest BCUT2D eigenvalue weighted by atomic mass is 10.2. The Kier molecular flexibility index (Phi) is 5.92. The van der Waals surface area contributed by atoms with Crippen molar-refractivity contribution in [1.29, 1.82) is 0 Å². The summed E-state index contributed by atoms with van der Waals surface area (Å²) in [6, 6.07) is 9.78. The molecule has 20 heavy (non-hydrogen) atoms. The number of ether oxygens (including phenoxy) is 2. The van der Waals surface area contributed by atoms with E-state index >= 15 is 0 Å². The van der Waals surface area contributed by atoms with Gasteiger partial charge in [0.1, 0.15) is 6.61 Å². The predicted octanol–water partition coefficient (Wildman–Crippen LogP) is 3.28. The third-order valence-corrected chi connectivity index (χ3v) is 5.23. The van der Waals surface area contributed by atoms with Crippen LogP contribution in [0, 0.1) is 5.92 Å². The van der Waals surface area contributed by atoms with Gasteiger partial charge in [-0.1, -0.05) is 37.3 Å². The van der Waals surface area contributed by atoms with Crippen molar-refractivity contribution in [3.8, 4) is 0 Å². The summed E-state index contributed by atoms with van der Waals surface area (Å²) in [7, 11) is 0. The van der Waals surface area contributed by atoms with Crippen molar-refractivity contribution >= 4 is 17.7 Å². The maximum absolute atomic E-state index is 11.9. The molecule has 3 atom stereocenters. The Hall–Kier alpha value is -1.00. The monoisotopic (exact) mass is 294 g/mol. The van der Waals surface area contributed by atoms with E-state index in [9.17, 15) is 4.79 Å². The van der Waals surface area contributed by atoms with Crippen LogP contribution >= 0.6 is 11.8 Å². The van der Waals surface area contributed by atoms with Crippen LogP contribution in [0.1, 0.15) is 25.8 Å². The second kappa shape index (κ2) is 7.70. The lowest BCUT2D eigenvalue weighted by molar-refractivity contribution is -0.148. The van der Waals surface area contributed by atoms with Crippen LogP contribution in [0.5, 0.6) is 0 Å².